The van der Waals surface area contributed by atoms with E-state index in [0.29, 0.717) is 25.7 Å². The van der Waals surface area contributed by atoms with Gasteiger partial charge in [0.25, 0.3) is 0 Å². The zero-order valence-electron chi connectivity index (χ0n) is 14.2. The number of sulfonamides is 1. The first-order valence-corrected chi connectivity index (χ1v) is 10.1. The van der Waals surface area contributed by atoms with Crippen molar-refractivity contribution in [2.24, 2.45) is 0 Å². The molecule has 4 rings (SSSR count). The second kappa shape index (κ2) is 6.52. The molecule has 2 aromatic rings. The summed E-state index contributed by atoms with van der Waals surface area (Å²) in [7, 11) is -4.11. The van der Waals surface area contributed by atoms with E-state index in [2.05, 4.69) is 9.84 Å². The number of alkyl halides is 3. The van der Waals surface area contributed by atoms with Gasteiger partial charge in [-0.05, 0) is 43.9 Å². The summed E-state index contributed by atoms with van der Waals surface area (Å²) >= 11 is 0. The van der Waals surface area contributed by atoms with Crippen LogP contribution in [0.3, 0.4) is 0 Å². The van der Waals surface area contributed by atoms with Crippen molar-refractivity contribution in [3.05, 3.63) is 42.7 Å². The summed E-state index contributed by atoms with van der Waals surface area (Å²) in [6.45, 7) is 0. The SMILES string of the molecule is O=S(=O)(c1ccccc1OC(F)(F)F)N1C2CCC1CC(n1cccn1)C2. The van der Waals surface area contributed by atoms with E-state index in [9.17, 15) is 21.6 Å². The number of piperidine rings is 1. The number of para-hydroxylation sites is 1. The maximum Gasteiger partial charge on any atom is 0.573 e. The zero-order chi connectivity index (χ0) is 19.2. The lowest BCUT2D eigenvalue weighted by molar-refractivity contribution is -0.275. The minimum atomic E-state index is -4.96. The predicted molar refractivity (Wildman–Crippen MR) is 89.5 cm³/mol. The number of rotatable bonds is 4. The van der Waals surface area contributed by atoms with E-state index < -0.39 is 27.0 Å². The zero-order valence-corrected chi connectivity index (χ0v) is 15.0. The molecule has 1 aromatic carbocycles. The standard InChI is InChI=1S/C17H18F3N3O3S/c18-17(19,20)26-15-4-1-2-5-16(15)27(24,25)23-12-6-7-13(23)11-14(10-12)22-9-3-8-21-22/h1-5,8-9,12-14H,6-7,10-11H2. The van der Waals surface area contributed by atoms with Crippen molar-refractivity contribution < 1.29 is 26.3 Å². The molecule has 0 radical (unpaired) electrons. The van der Waals surface area contributed by atoms with Gasteiger partial charge in [-0.15, -0.1) is 13.2 Å². The minimum absolute atomic E-state index is 0.0885. The Balaban J connectivity index is 1.64. The van der Waals surface area contributed by atoms with Crippen LogP contribution in [0.15, 0.2) is 47.6 Å². The summed E-state index contributed by atoms with van der Waals surface area (Å²) in [6.07, 6.45) is 1.10. The molecule has 2 saturated heterocycles. The molecule has 0 N–H and O–H groups in total. The summed E-state index contributed by atoms with van der Waals surface area (Å²) in [4.78, 5) is -0.447. The Hall–Kier alpha value is -2.07. The maximum atomic E-state index is 13.2. The monoisotopic (exact) mass is 401 g/mol. The van der Waals surface area contributed by atoms with Gasteiger partial charge in [0.15, 0.2) is 0 Å². The molecule has 2 aliphatic heterocycles. The fourth-order valence-corrected chi connectivity index (χ4v) is 6.21. The number of ether oxygens (including phenoxy) is 1. The van der Waals surface area contributed by atoms with Gasteiger partial charge in [-0.25, -0.2) is 8.42 Å². The quantitative estimate of drug-likeness (QED) is 0.788. The van der Waals surface area contributed by atoms with Crippen LogP contribution in [0.25, 0.3) is 0 Å². The van der Waals surface area contributed by atoms with Crippen molar-refractivity contribution >= 4 is 10.0 Å². The van der Waals surface area contributed by atoms with Crippen molar-refractivity contribution in [1.82, 2.24) is 14.1 Å². The molecule has 27 heavy (non-hydrogen) atoms. The summed E-state index contributed by atoms with van der Waals surface area (Å²) in [5.74, 6) is -0.696. The molecule has 0 aliphatic carbocycles. The first-order valence-electron chi connectivity index (χ1n) is 8.63. The highest BCUT2D eigenvalue weighted by molar-refractivity contribution is 7.89. The minimum Gasteiger partial charge on any atom is -0.404 e. The van der Waals surface area contributed by atoms with E-state index in [1.807, 2.05) is 16.9 Å². The predicted octanol–water partition coefficient (Wildman–Crippen LogP) is 3.34. The Kier molecular flexibility index (Phi) is 4.42. The van der Waals surface area contributed by atoms with Gasteiger partial charge in [0.05, 0.1) is 6.04 Å². The number of fused-ring (bicyclic) bond motifs is 2. The fourth-order valence-electron chi connectivity index (χ4n) is 4.20. The van der Waals surface area contributed by atoms with Crippen LogP contribution >= 0.6 is 0 Å². The molecule has 1 aromatic heterocycles. The van der Waals surface area contributed by atoms with Crippen molar-refractivity contribution in [2.45, 2.75) is 55.1 Å². The van der Waals surface area contributed by atoms with Crippen LogP contribution in [-0.4, -0.2) is 40.9 Å². The molecule has 2 bridgehead atoms. The van der Waals surface area contributed by atoms with E-state index >= 15 is 0 Å². The number of hydrogen-bond acceptors (Lipinski definition) is 4. The van der Waals surface area contributed by atoms with E-state index in [1.165, 1.54) is 16.4 Å². The average Bonchev–Trinajstić information content (AvgIpc) is 3.21. The molecule has 0 spiro atoms. The lowest BCUT2D eigenvalue weighted by Crippen LogP contribution is -2.47. The highest BCUT2D eigenvalue weighted by Crippen LogP contribution is 2.45. The van der Waals surface area contributed by atoms with E-state index in [0.717, 1.165) is 12.1 Å². The number of hydrogen-bond donors (Lipinski definition) is 0. The summed E-state index contributed by atoms with van der Waals surface area (Å²) in [6, 6.07) is 6.28. The van der Waals surface area contributed by atoms with E-state index in [1.54, 1.807) is 6.20 Å². The van der Waals surface area contributed by atoms with Gasteiger partial charge in [-0.3, -0.25) is 4.68 Å². The van der Waals surface area contributed by atoms with Gasteiger partial charge in [0, 0.05) is 24.5 Å². The van der Waals surface area contributed by atoms with E-state index in [4.69, 9.17) is 0 Å². The molecule has 2 aliphatic rings. The van der Waals surface area contributed by atoms with Crippen LogP contribution in [0.4, 0.5) is 13.2 Å². The van der Waals surface area contributed by atoms with Gasteiger partial charge in [0.2, 0.25) is 10.0 Å². The number of halogens is 3. The highest BCUT2D eigenvalue weighted by Gasteiger charge is 2.48. The largest absolute Gasteiger partial charge is 0.573 e. The number of aromatic nitrogens is 2. The summed E-state index contributed by atoms with van der Waals surface area (Å²) < 4.78 is 71.6. The van der Waals surface area contributed by atoms with Crippen LogP contribution in [0, 0.1) is 0 Å². The Morgan fingerprint density at radius 2 is 1.70 bits per heavy atom. The van der Waals surface area contributed by atoms with E-state index in [-0.39, 0.29) is 18.1 Å². The highest BCUT2D eigenvalue weighted by atomic mass is 32.2. The van der Waals surface area contributed by atoms with Gasteiger partial charge >= 0.3 is 6.36 Å². The molecule has 10 heteroatoms. The molecule has 6 nitrogen and oxygen atoms in total. The Morgan fingerprint density at radius 3 is 2.30 bits per heavy atom. The van der Waals surface area contributed by atoms with Crippen LogP contribution < -0.4 is 4.74 Å². The Bertz CT molecular complexity index is 901. The molecule has 0 saturated carbocycles. The third-order valence-corrected chi connectivity index (χ3v) is 7.21. The summed E-state index contributed by atoms with van der Waals surface area (Å²) in [5, 5.41) is 4.24. The van der Waals surface area contributed by atoms with Crippen molar-refractivity contribution in [3.63, 3.8) is 0 Å². The van der Waals surface area contributed by atoms with Crippen LogP contribution in [0.1, 0.15) is 31.7 Å². The van der Waals surface area contributed by atoms with Crippen molar-refractivity contribution in [1.29, 1.82) is 0 Å². The first-order chi connectivity index (χ1) is 12.8. The third kappa shape index (κ3) is 3.43. The normalized spacial score (nSPS) is 26.3. The first kappa shape index (κ1) is 18.3. The number of nitrogens with zero attached hydrogens (tertiary/aromatic N) is 3. The van der Waals surface area contributed by atoms with Gasteiger partial charge in [-0.2, -0.15) is 9.40 Å². The van der Waals surface area contributed by atoms with Crippen molar-refractivity contribution in [3.8, 4) is 5.75 Å². The lowest BCUT2D eigenvalue weighted by Gasteiger charge is -2.38. The van der Waals surface area contributed by atoms with Crippen LogP contribution in [-0.2, 0) is 10.0 Å². The van der Waals surface area contributed by atoms with Gasteiger partial charge in [-0.1, -0.05) is 12.1 Å². The molecule has 2 fully saturated rings. The second-order valence-corrected chi connectivity index (χ2v) is 8.64. The molecule has 0 amide bonds. The van der Waals surface area contributed by atoms with Crippen LogP contribution in [0.2, 0.25) is 0 Å². The van der Waals surface area contributed by atoms with Gasteiger partial charge < -0.3 is 4.74 Å². The second-order valence-electron chi connectivity index (χ2n) is 6.83. The molecule has 2 atom stereocenters. The number of benzene rings is 1. The molecule has 3 heterocycles. The molecule has 146 valence electrons. The fraction of sp³-hybridized carbons (Fsp3) is 0.471. The molecule has 2 unspecified atom stereocenters. The molecular formula is C17H18F3N3O3S. The lowest BCUT2D eigenvalue weighted by atomic mass is 10.00. The smallest absolute Gasteiger partial charge is 0.404 e. The van der Waals surface area contributed by atoms with Crippen LogP contribution in [0.5, 0.6) is 5.75 Å². The topological polar surface area (TPSA) is 64.4 Å². The third-order valence-electron chi connectivity index (χ3n) is 5.17. The molecular weight excluding hydrogens is 383 g/mol. The summed E-state index contributed by atoms with van der Waals surface area (Å²) in [5.41, 5.74) is 0. The Labute approximate surface area is 154 Å². The Morgan fingerprint density at radius 1 is 1.04 bits per heavy atom. The maximum absolute atomic E-state index is 13.2. The van der Waals surface area contributed by atoms with Crippen molar-refractivity contribution in [2.75, 3.05) is 0 Å². The average molecular weight is 401 g/mol. The van der Waals surface area contributed by atoms with Gasteiger partial charge in [0.1, 0.15) is 10.6 Å².